The van der Waals surface area contributed by atoms with Crippen LogP contribution in [-0.4, -0.2) is 23.0 Å². The van der Waals surface area contributed by atoms with Crippen LogP contribution in [0.25, 0.3) is 0 Å². The summed E-state index contributed by atoms with van der Waals surface area (Å²) >= 11 is 0. The molecule has 0 unspecified atom stereocenters. The summed E-state index contributed by atoms with van der Waals surface area (Å²) in [4.78, 5) is 0. The predicted octanol–water partition coefficient (Wildman–Crippen LogP) is 1.35. The summed E-state index contributed by atoms with van der Waals surface area (Å²) in [6.07, 6.45) is 1.80. The van der Waals surface area contributed by atoms with Crippen LogP contribution in [0, 0.1) is 0 Å². The van der Waals surface area contributed by atoms with E-state index in [0.29, 0.717) is 18.9 Å². The number of nitrogens with zero attached hydrogens (tertiary/aromatic N) is 2. The van der Waals surface area contributed by atoms with Crippen LogP contribution < -0.4 is 0 Å². The van der Waals surface area contributed by atoms with Gasteiger partial charge in [0.15, 0.2) is 0 Å². The highest BCUT2D eigenvalue weighted by Crippen LogP contribution is 2.39. The lowest BCUT2D eigenvalue weighted by Crippen LogP contribution is -2.34. The van der Waals surface area contributed by atoms with Crippen LogP contribution in [0.15, 0.2) is 6.07 Å². The summed E-state index contributed by atoms with van der Waals surface area (Å²) < 4.78 is 25.7. The lowest BCUT2D eigenvalue weighted by molar-refractivity contribution is -0.183. The zero-order chi connectivity index (χ0) is 10.3. The van der Waals surface area contributed by atoms with Crippen molar-refractivity contribution >= 4 is 0 Å². The third kappa shape index (κ3) is 1.30. The van der Waals surface area contributed by atoms with Crippen molar-refractivity contribution < 1.29 is 13.9 Å². The highest BCUT2D eigenvalue weighted by Gasteiger charge is 2.43. The average molecular weight is 212 g/mol. The monoisotopic (exact) mass is 212 g/mol. The van der Waals surface area contributed by atoms with E-state index in [9.17, 15) is 4.39 Å². The minimum atomic E-state index is -0.640. The Bertz CT molecular complexity index is 371. The first-order valence-corrected chi connectivity index (χ1v) is 5.25. The molecule has 82 valence electrons. The normalized spacial score (nSPS) is 23.3. The molecule has 2 aliphatic rings. The first kappa shape index (κ1) is 9.30. The van der Waals surface area contributed by atoms with E-state index in [0.717, 1.165) is 25.1 Å². The highest BCUT2D eigenvalue weighted by molar-refractivity contribution is 5.17. The Morgan fingerprint density at radius 1 is 1.47 bits per heavy atom. The Hall–Kier alpha value is -0.940. The van der Waals surface area contributed by atoms with Crippen LogP contribution in [0.1, 0.15) is 24.2 Å². The van der Waals surface area contributed by atoms with Gasteiger partial charge in [-0.05, 0) is 12.5 Å². The molecule has 0 aliphatic carbocycles. The largest absolute Gasteiger partial charge is 0.342 e. The van der Waals surface area contributed by atoms with Crippen molar-refractivity contribution in [3.8, 4) is 0 Å². The number of rotatable bonds is 1. The molecule has 0 N–H and O–H groups in total. The molecule has 1 spiro atoms. The van der Waals surface area contributed by atoms with Gasteiger partial charge in [0, 0.05) is 13.0 Å². The fourth-order valence-electron chi connectivity index (χ4n) is 2.35. The molecule has 1 saturated heterocycles. The van der Waals surface area contributed by atoms with Crippen molar-refractivity contribution in [3.05, 3.63) is 17.5 Å². The van der Waals surface area contributed by atoms with Crippen LogP contribution in [0.4, 0.5) is 4.39 Å². The Morgan fingerprint density at radius 2 is 2.27 bits per heavy atom. The van der Waals surface area contributed by atoms with Crippen molar-refractivity contribution in [2.75, 3.05) is 13.2 Å². The number of hydrogen-bond donors (Lipinski definition) is 0. The molecule has 0 bridgehead atoms. The van der Waals surface area contributed by atoms with Gasteiger partial charge in [-0.1, -0.05) is 0 Å². The maximum Gasteiger partial charge on any atom is 0.212 e. The van der Waals surface area contributed by atoms with Crippen LogP contribution in [0.3, 0.4) is 0 Å². The molecular formula is C10H13FN2O2. The molecule has 1 aromatic heterocycles. The molecule has 1 fully saturated rings. The van der Waals surface area contributed by atoms with Crippen molar-refractivity contribution in [1.29, 1.82) is 0 Å². The second kappa shape index (κ2) is 3.28. The van der Waals surface area contributed by atoms with Crippen molar-refractivity contribution in [2.45, 2.75) is 31.8 Å². The number of alkyl halides is 1. The van der Waals surface area contributed by atoms with E-state index >= 15 is 0 Å². The first-order chi connectivity index (χ1) is 7.34. The van der Waals surface area contributed by atoms with Gasteiger partial charge >= 0.3 is 0 Å². The Morgan fingerprint density at radius 3 is 3.00 bits per heavy atom. The summed E-state index contributed by atoms with van der Waals surface area (Å²) in [7, 11) is 0. The molecule has 0 aromatic carbocycles. The summed E-state index contributed by atoms with van der Waals surface area (Å²) in [5.41, 5.74) is 1.34. The van der Waals surface area contributed by atoms with E-state index in [1.807, 2.05) is 4.68 Å². The van der Waals surface area contributed by atoms with Gasteiger partial charge < -0.3 is 9.47 Å². The second-order valence-electron chi connectivity index (χ2n) is 3.93. The molecule has 4 nitrogen and oxygen atoms in total. The molecule has 3 rings (SSSR count). The maximum atomic E-state index is 12.5. The lowest BCUT2D eigenvalue weighted by Gasteiger charge is -2.31. The first-order valence-electron chi connectivity index (χ1n) is 5.25. The standard InChI is InChI=1S/C10H13FN2O2/c11-7-8-6-9-10(14-4-5-15-10)2-1-3-13(9)12-8/h6H,1-5,7H2. The topological polar surface area (TPSA) is 36.3 Å². The second-order valence-corrected chi connectivity index (χ2v) is 3.93. The molecule has 0 amide bonds. The van der Waals surface area contributed by atoms with Gasteiger partial charge in [0.2, 0.25) is 5.79 Å². The molecule has 0 saturated carbocycles. The van der Waals surface area contributed by atoms with Gasteiger partial charge in [-0.15, -0.1) is 0 Å². The van der Waals surface area contributed by atoms with Gasteiger partial charge in [0.05, 0.1) is 24.6 Å². The Balaban J connectivity index is 2.05. The van der Waals surface area contributed by atoms with Crippen molar-refractivity contribution in [2.24, 2.45) is 0 Å². The van der Waals surface area contributed by atoms with Gasteiger partial charge in [-0.2, -0.15) is 5.10 Å². The van der Waals surface area contributed by atoms with Gasteiger partial charge in [0.25, 0.3) is 0 Å². The van der Waals surface area contributed by atoms with Gasteiger partial charge in [-0.25, -0.2) is 4.39 Å². The molecule has 1 aromatic rings. The predicted molar refractivity (Wildman–Crippen MR) is 49.9 cm³/mol. The number of hydrogen-bond acceptors (Lipinski definition) is 3. The molecule has 5 heteroatoms. The van der Waals surface area contributed by atoms with E-state index < -0.39 is 12.5 Å². The SMILES string of the molecule is FCc1cc2n(n1)CCCC21OCCO1. The van der Waals surface area contributed by atoms with Crippen molar-refractivity contribution in [3.63, 3.8) is 0 Å². The number of halogens is 1. The molecule has 0 radical (unpaired) electrons. The van der Waals surface area contributed by atoms with Crippen LogP contribution in [0.5, 0.6) is 0 Å². The Labute approximate surface area is 87.0 Å². The van der Waals surface area contributed by atoms with Gasteiger partial charge in [0.1, 0.15) is 6.67 Å². The Kier molecular flexibility index (Phi) is 2.03. The third-order valence-corrected chi connectivity index (χ3v) is 2.99. The maximum absolute atomic E-state index is 12.5. The summed E-state index contributed by atoms with van der Waals surface area (Å²) in [5.74, 6) is -0.640. The summed E-state index contributed by atoms with van der Waals surface area (Å²) in [5, 5.41) is 4.17. The van der Waals surface area contributed by atoms with E-state index in [4.69, 9.17) is 9.47 Å². The average Bonchev–Trinajstić information content (AvgIpc) is 2.86. The minimum absolute atomic E-state index is 0.463. The fourth-order valence-corrected chi connectivity index (χ4v) is 2.35. The minimum Gasteiger partial charge on any atom is -0.342 e. The van der Waals surface area contributed by atoms with E-state index in [-0.39, 0.29) is 0 Å². The van der Waals surface area contributed by atoms with Crippen LogP contribution in [-0.2, 0) is 28.5 Å². The smallest absolute Gasteiger partial charge is 0.212 e. The molecule has 3 heterocycles. The summed E-state index contributed by atoms with van der Waals surface area (Å²) in [6.45, 7) is 1.51. The van der Waals surface area contributed by atoms with Gasteiger partial charge in [-0.3, -0.25) is 4.68 Å². The van der Waals surface area contributed by atoms with Crippen LogP contribution in [0.2, 0.25) is 0 Å². The van der Waals surface area contributed by atoms with Crippen LogP contribution >= 0.6 is 0 Å². The molecule has 15 heavy (non-hydrogen) atoms. The molecule has 2 aliphatic heterocycles. The van der Waals surface area contributed by atoms with E-state index in [1.54, 1.807) is 6.07 Å². The quantitative estimate of drug-likeness (QED) is 0.705. The fraction of sp³-hybridized carbons (Fsp3) is 0.700. The highest BCUT2D eigenvalue weighted by atomic mass is 19.1. The zero-order valence-electron chi connectivity index (χ0n) is 8.41. The number of ether oxygens (including phenoxy) is 2. The third-order valence-electron chi connectivity index (χ3n) is 2.99. The lowest BCUT2D eigenvalue weighted by atomic mass is 10.0. The number of aromatic nitrogens is 2. The molecule has 0 atom stereocenters. The number of fused-ring (bicyclic) bond motifs is 2. The number of aryl methyl sites for hydroxylation is 1. The summed E-state index contributed by atoms with van der Waals surface area (Å²) in [6, 6.07) is 1.75. The van der Waals surface area contributed by atoms with Crippen molar-refractivity contribution in [1.82, 2.24) is 9.78 Å². The van der Waals surface area contributed by atoms with E-state index in [1.165, 1.54) is 0 Å². The zero-order valence-corrected chi connectivity index (χ0v) is 8.41. The molecular weight excluding hydrogens is 199 g/mol. The van der Waals surface area contributed by atoms with E-state index in [2.05, 4.69) is 5.10 Å².